The zero-order chi connectivity index (χ0) is 6.78. The predicted octanol–water partition coefficient (Wildman–Crippen LogP) is 0.883. The molecule has 0 aliphatic rings. The van der Waals surface area contributed by atoms with Gasteiger partial charge in [0.25, 0.3) is 0 Å². The number of nitrogens with two attached hydrogens (primary N) is 1. The Hall–Kier alpha value is -0.740. The molecule has 0 aliphatic heterocycles. The third kappa shape index (κ3) is 1.81. The van der Waals surface area contributed by atoms with Crippen LogP contribution in [0.15, 0.2) is 5.10 Å². The van der Waals surface area contributed by atoms with E-state index in [1.54, 1.807) is 0 Å². The van der Waals surface area contributed by atoms with Gasteiger partial charge in [0.05, 0.1) is 0 Å². The van der Waals surface area contributed by atoms with Crippen LogP contribution in [-0.4, -0.2) is 11.9 Å². The smallest absolute Gasteiger partial charge is 0.323 e. The van der Waals surface area contributed by atoms with Gasteiger partial charge in [-0.05, 0) is 6.92 Å². The van der Waals surface area contributed by atoms with Crippen LogP contribution < -0.4 is 5.84 Å². The number of hydrogen-bond acceptors (Lipinski definition) is 2. The van der Waals surface area contributed by atoms with Gasteiger partial charge in [0.2, 0.25) is 0 Å². The van der Waals surface area contributed by atoms with Gasteiger partial charge in [-0.15, -0.1) is 0 Å². The summed E-state index contributed by atoms with van der Waals surface area (Å²) in [6.45, 7) is 0.806. The van der Waals surface area contributed by atoms with Crippen molar-refractivity contribution in [3.8, 4) is 0 Å². The molecule has 0 fully saturated rings. The molecule has 0 radical (unpaired) electrons. The summed E-state index contributed by atoms with van der Waals surface area (Å²) in [6.07, 6.45) is -4.37. The van der Waals surface area contributed by atoms with Gasteiger partial charge in [0.1, 0.15) is 5.71 Å². The fraction of sp³-hybridized carbons (Fsp3) is 0.667. The minimum atomic E-state index is -4.37. The van der Waals surface area contributed by atoms with Crippen molar-refractivity contribution < 1.29 is 13.2 Å². The summed E-state index contributed by atoms with van der Waals surface area (Å²) in [5.74, 6) is 4.33. The summed E-state index contributed by atoms with van der Waals surface area (Å²) < 4.78 is 33.7. The summed E-state index contributed by atoms with van der Waals surface area (Å²) >= 11 is 0. The van der Waals surface area contributed by atoms with Crippen LogP contribution in [0.5, 0.6) is 0 Å². The Bertz CT molecular complexity index is 104. The minimum Gasteiger partial charge on any atom is -0.323 e. The first-order valence-electron chi connectivity index (χ1n) is 1.80. The molecule has 0 unspecified atom stereocenters. The van der Waals surface area contributed by atoms with E-state index < -0.39 is 11.9 Å². The maximum absolute atomic E-state index is 11.2. The molecule has 48 valence electrons. The van der Waals surface area contributed by atoms with Crippen molar-refractivity contribution in [2.45, 2.75) is 13.1 Å². The van der Waals surface area contributed by atoms with Crippen molar-refractivity contribution in [1.29, 1.82) is 0 Å². The lowest BCUT2D eigenvalue weighted by molar-refractivity contribution is -0.0593. The molecule has 0 bridgehead atoms. The average molecular weight is 126 g/mol. The fourth-order valence-corrected chi connectivity index (χ4v) is 0.0732. The number of nitrogens with zero attached hydrogens (tertiary/aromatic N) is 1. The maximum atomic E-state index is 11.2. The third-order valence-corrected chi connectivity index (χ3v) is 0.604. The molecule has 0 saturated carbocycles. The van der Waals surface area contributed by atoms with Gasteiger partial charge in [0, 0.05) is 0 Å². The molecule has 0 amide bonds. The molecule has 0 heterocycles. The Kier molecular flexibility index (Phi) is 1.83. The molecule has 0 saturated heterocycles. The first-order chi connectivity index (χ1) is 3.48. The molecular formula is C3H5F3N2. The molecule has 0 rings (SSSR count). The second kappa shape index (κ2) is 2.02. The Balaban J connectivity index is 4.03. The van der Waals surface area contributed by atoms with E-state index in [9.17, 15) is 13.2 Å². The van der Waals surface area contributed by atoms with E-state index >= 15 is 0 Å². The largest absolute Gasteiger partial charge is 0.430 e. The molecule has 8 heavy (non-hydrogen) atoms. The van der Waals surface area contributed by atoms with E-state index in [1.807, 2.05) is 0 Å². The first kappa shape index (κ1) is 7.26. The predicted molar refractivity (Wildman–Crippen MR) is 23.4 cm³/mol. The highest BCUT2D eigenvalue weighted by molar-refractivity contribution is 5.86. The molecule has 5 heteroatoms. The number of alkyl halides is 3. The van der Waals surface area contributed by atoms with Crippen LogP contribution in [0.1, 0.15) is 6.92 Å². The molecule has 0 aromatic heterocycles. The standard InChI is InChI=1S/C3H5F3N2/c1-2(8-7)3(4,5)6/h7H2,1H3. The molecule has 0 atom stereocenters. The number of rotatable bonds is 0. The monoisotopic (exact) mass is 126 g/mol. The van der Waals surface area contributed by atoms with Gasteiger partial charge in [-0.3, -0.25) is 0 Å². The van der Waals surface area contributed by atoms with Crippen LogP contribution in [0.4, 0.5) is 13.2 Å². The van der Waals surface area contributed by atoms with E-state index in [0.29, 0.717) is 0 Å². The zero-order valence-corrected chi connectivity index (χ0v) is 4.16. The molecule has 2 N–H and O–H groups in total. The molecule has 2 nitrogen and oxygen atoms in total. The quantitative estimate of drug-likeness (QED) is 0.292. The zero-order valence-electron chi connectivity index (χ0n) is 4.16. The summed E-state index contributed by atoms with van der Waals surface area (Å²) in [5.41, 5.74) is -1.02. The second-order valence-corrected chi connectivity index (χ2v) is 1.21. The lowest BCUT2D eigenvalue weighted by Crippen LogP contribution is -2.20. The number of halogens is 3. The maximum Gasteiger partial charge on any atom is 0.430 e. The third-order valence-electron chi connectivity index (χ3n) is 0.604. The van der Waals surface area contributed by atoms with Crippen LogP contribution in [0.25, 0.3) is 0 Å². The molecule has 0 aliphatic carbocycles. The van der Waals surface area contributed by atoms with Crippen molar-refractivity contribution in [2.24, 2.45) is 10.9 Å². The van der Waals surface area contributed by atoms with E-state index in [1.165, 1.54) is 0 Å². The highest BCUT2D eigenvalue weighted by Gasteiger charge is 2.31. The van der Waals surface area contributed by atoms with Gasteiger partial charge in [0.15, 0.2) is 0 Å². The van der Waals surface area contributed by atoms with Gasteiger partial charge in [-0.1, -0.05) is 0 Å². The van der Waals surface area contributed by atoms with E-state index in [4.69, 9.17) is 0 Å². The Morgan fingerprint density at radius 1 is 1.50 bits per heavy atom. The van der Waals surface area contributed by atoms with E-state index in [2.05, 4.69) is 10.9 Å². The van der Waals surface area contributed by atoms with Crippen LogP contribution in [-0.2, 0) is 0 Å². The fourth-order valence-electron chi connectivity index (χ4n) is 0.0732. The SMILES string of the molecule is CC(=NN)C(F)(F)F. The topological polar surface area (TPSA) is 38.4 Å². The van der Waals surface area contributed by atoms with Crippen molar-refractivity contribution in [3.05, 3.63) is 0 Å². The lowest BCUT2D eigenvalue weighted by atomic mass is 10.4. The Morgan fingerprint density at radius 2 is 1.88 bits per heavy atom. The van der Waals surface area contributed by atoms with Crippen LogP contribution in [0, 0.1) is 0 Å². The van der Waals surface area contributed by atoms with Crippen molar-refractivity contribution in [1.82, 2.24) is 0 Å². The number of hydrogen-bond donors (Lipinski definition) is 1. The first-order valence-corrected chi connectivity index (χ1v) is 1.80. The number of hydrazone groups is 1. The van der Waals surface area contributed by atoms with Gasteiger partial charge >= 0.3 is 6.18 Å². The van der Waals surface area contributed by atoms with Crippen LogP contribution in [0.3, 0.4) is 0 Å². The summed E-state index contributed by atoms with van der Waals surface area (Å²) in [5, 5.41) is 2.45. The molecule has 0 aromatic carbocycles. The summed E-state index contributed by atoms with van der Waals surface area (Å²) in [6, 6.07) is 0. The normalized spacial score (nSPS) is 14.2. The molecular weight excluding hydrogens is 121 g/mol. The lowest BCUT2D eigenvalue weighted by Gasteiger charge is -2.01. The van der Waals surface area contributed by atoms with E-state index in [0.717, 1.165) is 6.92 Å². The molecule has 0 spiro atoms. The average Bonchev–Trinajstić information content (AvgIpc) is 1.62. The van der Waals surface area contributed by atoms with Gasteiger partial charge in [-0.2, -0.15) is 18.3 Å². The van der Waals surface area contributed by atoms with Crippen molar-refractivity contribution >= 4 is 5.71 Å². The Morgan fingerprint density at radius 3 is 1.88 bits per heavy atom. The van der Waals surface area contributed by atoms with E-state index in [-0.39, 0.29) is 0 Å². The highest BCUT2D eigenvalue weighted by Crippen LogP contribution is 2.15. The Labute approximate surface area is 44.2 Å². The second-order valence-electron chi connectivity index (χ2n) is 1.21. The summed E-state index contributed by atoms with van der Waals surface area (Å²) in [4.78, 5) is 0. The van der Waals surface area contributed by atoms with Crippen molar-refractivity contribution in [3.63, 3.8) is 0 Å². The molecule has 0 aromatic rings. The minimum absolute atomic E-state index is 0.806. The van der Waals surface area contributed by atoms with Crippen LogP contribution in [0.2, 0.25) is 0 Å². The van der Waals surface area contributed by atoms with Gasteiger partial charge < -0.3 is 5.84 Å². The highest BCUT2D eigenvalue weighted by atomic mass is 19.4. The van der Waals surface area contributed by atoms with Crippen molar-refractivity contribution in [2.75, 3.05) is 0 Å². The van der Waals surface area contributed by atoms with Crippen LogP contribution >= 0.6 is 0 Å². The summed E-state index contributed by atoms with van der Waals surface area (Å²) in [7, 11) is 0. The van der Waals surface area contributed by atoms with Gasteiger partial charge in [-0.25, -0.2) is 0 Å².